The highest BCUT2D eigenvalue weighted by molar-refractivity contribution is 7.12. The number of hydrogen-bond acceptors (Lipinski definition) is 4. The molecule has 0 aliphatic carbocycles. The fourth-order valence-corrected chi connectivity index (χ4v) is 6.56. The number of benzene rings is 2. The summed E-state index contributed by atoms with van der Waals surface area (Å²) in [6.45, 7) is 3.13. The maximum absolute atomic E-state index is 13.2. The van der Waals surface area contributed by atoms with Gasteiger partial charge in [-0.15, -0.1) is 11.3 Å². The van der Waals surface area contributed by atoms with Gasteiger partial charge in [-0.3, -0.25) is 9.59 Å². The minimum Gasteiger partial charge on any atom is -0.453 e. The molecule has 4 heterocycles. The summed E-state index contributed by atoms with van der Waals surface area (Å²) in [5.41, 5.74) is 0.453. The number of fused-ring (bicyclic) bond motifs is 3. The predicted molar refractivity (Wildman–Crippen MR) is 135 cm³/mol. The maximum Gasteiger partial charge on any atom is 0.416 e. The summed E-state index contributed by atoms with van der Waals surface area (Å²) < 4.78 is 45.9. The van der Waals surface area contributed by atoms with Crippen LogP contribution < -0.4 is 0 Å². The molecule has 3 aromatic rings. The summed E-state index contributed by atoms with van der Waals surface area (Å²) in [6, 6.07) is 17.6. The SMILES string of the molecule is O=C(C[C@H]1C[N+]2(CC(=O)c3cccs3)CCC1CC2)OC(c1ccccc1)c1ccc(C(F)(F)F)cc1. The van der Waals surface area contributed by atoms with E-state index in [9.17, 15) is 22.8 Å². The first-order valence-electron chi connectivity index (χ1n) is 12.6. The Bertz CT molecular complexity index is 1220. The molecule has 3 fully saturated rings. The second-order valence-electron chi connectivity index (χ2n) is 10.2. The van der Waals surface area contributed by atoms with Crippen molar-refractivity contribution >= 4 is 23.1 Å². The normalized spacial score (nSPS) is 24.0. The number of carbonyl (C=O) groups is 2. The lowest BCUT2D eigenvalue weighted by atomic mass is 9.75. The van der Waals surface area contributed by atoms with Crippen molar-refractivity contribution in [3.8, 4) is 0 Å². The average Bonchev–Trinajstić information content (AvgIpc) is 3.43. The number of hydrogen-bond donors (Lipinski definition) is 0. The Morgan fingerprint density at radius 3 is 2.24 bits per heavy atom. The van der Waals surface area contributed by atoms with Crippen LogP contribution in [0.25, 0.3) is 0 Å². The quantitative estimate of drug-likeness (QED) is 0.190. The van der Waals surface area contributed by atoms with Crippen molar-refractivity contribution in [3.05, 3.63) is 93.7 Å². The molecule has 8 heteroatoms. The minimum atomic E-state index is -4.43. The topological polar surface area (TPSA) is 43.4 Å². The second kappa shape index (κ2) is 10.4. The molecule has 194 valence electrons. The van der Waals surface area contributed by atoms with Gasteiger partial charge in [0, 0.05) is 18.8 Å². The number of piperidine rings is 3. The molecule has 2 aromatic carbocycles. The molecule has 0 spiro atoms. The summed E-state index contributed by atoms with van der Waals surface area (Å²) in [5, 5.41) is 1.91. The highest BCUT2D eigenvalue weighted by Gasteiger charge is 2.47. The summed E-state index contributed by atoms with van der Waals surface area (Å²) >= 11 is 1.46. The number of quaternary nitrogens is 1. The number of esters is 1. The van der Waals surface area contributed by atoms with Crippen molar-refractivity contribution in [3.63, 3.8) is 0 Å². The molecule has 1 aromatic heterocycles. The molecule has 0 radical (unpaired) electrons. The first kappa shape index (κ1) is 25.7. The largest absolute Gasteiger partial charge is 0.453 e. The monoisotopic (exact) mass is 528 g/mol. The van der Waals surface area contributed by atoms with Gasteiger partial charge in [-0.1, -0.05) is 48.5 Å². The summed E-state index contributed by atoms with van der Waals surface area (Å²) in [4.78, 5) is 26.8. The molecule has 2 atom stereocenters. The van der Waals surface area contributed by atoms with E-state index in [2.05, 4.69) is 0 Å². The number of ether oxygens (including phenoxy) is 1. The van der Waals surface area contributed by atoms with E-state index in [4.69, 9.17) is 4.74 Å². The fraction of sp³-hybridized carbons (Fsp3) is 0.379. The summed E-state index contributed by atoms with van der Waals surface area (Å²) in [7, 11) is 0. The molecular formula is C29H29F3NO3S+. The van der Waals surface area contributed by atoms with Gasteiger partial charge in [-0.05, 0) is 40.6 Å². The van der Waals surface area contributed by atoms with Gasteiger partial charge in [-0.25, -0.2) is 0 Å². The van der Waals surface area contributed by atoms with Crippen LogP contribution in [0.2, 0.25) is 0 Å². The zero-order chi connectivity index (χ0) is 26.0. The third kappa shape index (κ3) is 5.80. The zero-order valence-electron chi connectivity index (χ0n) is 20.3. The van der Waals surface area contributed by atoms with Crippen molar-refractivity contribution in [2.24, 2.45) is 11.8 Å². The number of halogens is 3. The Kier molecular flexibility index (Phi) is 7.23. The van der Waals surface area contributed by atoms with Crippen molar-refractivity contribution in [2.75, 3.05) is 26.2 Å². The number of ketones is 1. The van der Waals surface area contributed by atoms with Gasteiger partial charge >= 0.3 is 12.1 Å². The smallest absolute Gasteiger partial charge is 0.416 e. The molecule has 4 nitrogen and oxygen atoms in total. The van der Waals surface area contributed by atoms with Gasteiger partial charge in [-0.2, -0.15) is 13.2 Å². The first-order valence-corrected chi connectivity index (χ1v) is 13.4. The Balaban J connectivity index is 1.29. The van der Waals surface area contributed by atoms with E-state index in [1.165, 1.54) is 23.5 Å². The van der Waals surface area contributed by atoms with E-state index >= 15 is 0 Å². The molecule has 3 aliphatic rings. The van der Waals surface area contributed by atoms with Gasteiger partial charge in [0.15, 0.2) is 6.10 Å². The predicted octanol–water partition coefficient (Wildman–Crippen LogP) is 6.53. The van der Waals surface area contributed by atoms with Crippen LogP contribution in [0.3, 0.4) is 0 Å². The maximum atomic E-state index is 13.2. The van der Waals surface area contributed by atoms with E-state index < -0.39 is 17.8 Å². The van der Waals surface area contributed by atoms with E-state index in [0.717, 1.165) is 49.5 Å². The lowest BCUT2D eigenvalue weighted by Gasteiger charge is -2.52. The molecule has 6 rings (SSSR count). The van der Waals surface area contributed by atoms with Gasteiger partial charge in [0.1, 0.15) is 6.54 Å². The zero-order valence-corrected chi connectivity index (χ0v) is 21.1. The third-order valence-corrected chi connectivity index (χ3v) is 8.74. The van der Waals surface area contributed by atoms with Crippen LogP contribution >= 0.6 is 11.3 Å². The summed E-state index contributed by atoms with van der Waals surface area (Å²) in [5.74, 6) is 0.333. The number of nitrogens with zero attached hydrogens (tertiary/aromatic N) is 1. The van der Waals surface area contributed by atoms with Gasteiger partial charge in [0.25, 0.3) is 0 Å². The molecule has 3 saturated heterocycles. The molecule has 1 unspecified atom stereocenters. The van der Waals surface area contributed by atoms with Gasteiger partial charge < -0.3 is 9.22 Å². The van der Waals surface area contributed by atoms with Crippen molar-refractivity contribution in [1.29, 1.82) is 0 Å². The lowest BCUT2D eigenvalue weighted by molar-refractivity contribution is -0.939. The molecule has 2 bridgehead atoms. The number of rotatable bonds is 8. The molecule has 0 amide bonds. The van der Waals surface area contributed by atoms with E-state index in [1.54, 1.807) is 12.1 Å². The number of alkyl halides is 3. The van der Waals surface area contributed by atoms with Crippen LogP contribution in [0, 0.1) is 11.8 Å². The number of carbonyl (C=O) groups excluding carboxylic acids is 2. The van der Waals surface area contributed by atoms with Crippen LogP contribution in [0.15, 0.2) is 72.1 Å². The van der Waals surface area contributed by atoms with E-state index in [0.29, 0.717) is 28.1 Å². The fourth-order valence-electron chi connectivity index (χ4n) is 5.91. The van der Waals surface area contributed by atoms with Gasteiger partial charge in [0.2, 0.25) is 5.78 Å². The Hall–Kier alpha value is -2.97. The molecule has 0 N–H and O–H groups in total. The van der Waals surface area contributed by atoms with E-state index in [-0.39, 0.29) is 24.1 Å². The molecular weight excluding hydrogens is 499 g/mol. The van der Waals surface area contributed by atoms with Crippen molar-refractivity contribution in [2.45, 2.75) is 31.5 Å². The lowest BCUT2D eigenvalue weighted by Crippen LogP contribution is -2.63. The van der Waals surface area contributed by atoms with Crippen LogP contribution in [-0.2, 0) is 15.7 Å². The van der Waals surface area contributed by atoms with Crippen LogP contribution in [0.1, 0.15) is 51.7 Å². The highest BCUT2D eigenvalue weighted by atomic mass is 32.1. The third-order valence-electron chi connectivity index (χ3n) is 7.83. The molecule has 37 heavy (non-hydrogen) atoms. The van der Waals surface area contributed by atoms with E-state index in [1.807, 2.05) is 35.7 Å². The minimum absolute atomic E-state index is 0.121. The Morgan fingerprint density at radius 1 is 0.946 bits per heavy atom. The Morgan fingerprint density at radius 2 is 1.62 bits per heavy atom. The standard InChI is InChI=1S/C29H29F3NO3S/c30-29(31,32)24-10-8-22(9-11-24)28(21-5-2-1-3-6-21)36-27(35)17-23-18-33(14-12-20(23)13-15-33)19-25(34)26-7-4-16-37-26/h1-11,16,20,23,28H,12-15,17-19H2/q+1/t20?,23-,28?,33?/m0/s1. The molecule has 0 saturated carbocycles. The first-order chi connectivity index (χ1) is 17.7. The van der Waals surface area contributed by atoms with Crippen LogP contribution in [0.4, 0.5) is 13.2 Å². The number of thiophene rings is 1. The number of Topliss-reactive ketones (excluding diaryl/α,β-unsaturated/α-hetero) is 1. The summed E-state index contributed by atoms with van der Waals surface area (Å²) in [6.07, 6.45) is -3.02. The highest BCUT2D eigenvalue weighted by Crippen LogP contribution is 2.40. The van der Waals surface area contributed by atoms with Gasteiger partial charge in [0.05, 0.1) is 36.5 Å². The van der Waals surface area contributed by atoms with Crippen LogP contribution in [0.5, 0.6) is 0 Å². The Labute approximate surface area is 218 Å². The van der Waals surface area contributed by atoms with Crippen LogP contribution in [-0.4, -0.2) is 42.4 Å². The molecule has 3 aliphatic heterocycles. The second-order valence-corrected chi connectivity index (χ2v) is 11.2. The van der Waals surface area contributed by atoms with Crippen molar-refractivity contribution in [1.82, 2.24) is 0 Å². The average molecular weight is 529 g/mol. The van der Waals surface area contributed by atoms with Crippen molar-refractivity contribution < 1.29 is 32.0 Å².